The van der Waals surface area contributed by atoms with Gasteiger partial charge >= 0.3 is 0 Å². The van der Waals surface area contributed by atoms with Gasteiger partial charge < -0.3 is 15.2 Å². The largest absolute Gasteiger partial charge is 0.361 e. The van der Waals surface area contributed by atoms with Crippen molar-refractivity contribution < 1.29 is 12.9 Å². The molecule has 1 fully saturated rings. The van der Waals surface area contributed by atoms with Crippen molar-refractivity contribution >= 4 is 16.0 Å². The fourth-order valence-electron chi connectivity index (χ4n) is 3.67. The van der Waals surface area contributed by atoms with Crippen LogP contribution in [0.5, 0.6) is 0 Å². The second kappa shape index (κ2) is 10.8. The first-order valence-corrected chi connectivity index (χ1v) is 12.5. The molecule has 1 aromatic carbocycles. The van der Waals surface area contributed by atoms with E-state index in [-0.39, 0.29) is 0 Å². The van der Waals surface area contributed by atoms with Crippen molar-refractivity contribution in [2.75, 3.05) is 19.6 Å². The van der Waals surface area contributed by atoms with Crippen LogP contribution in [0.1, 0.15) is 56.2 Å². The minimum Gasteiger partial charge on any atom is -0.361 e. The first-order valence-electron chi connectivity index (χ1n) is 11.1. The zero-order chi connectivity index (χ0) is 22.3. The predicted molar refractivity (Wildman–Crippen MR) is 121 cm³/mol. The highest BCUT2D eigenvalue weighted by Crippen LogP contribution is 2.21. The van der Waals surface area contributed by atoms with Gasteiger partial charge in [0, 0.05) is 38.2 Å². The van der Waals surface area contributed by atoms with E-state index in [4.69, 9.17) is 4.52 Å². The Balaban J connectivity index is 1.66. The number of aryl methyl sites for hydroxylation is 2. The van der Waals surface area contributed by atoms with Gasteiger partial charge in [-0.25, -0.2) is 13.4 Å². The monoisotopic (exact) mass is 447 g/mol. The van der Waals surface area contributed by atoms with Gasteiger partial charge in [-0.15, -0.1) is 0 Å². The number of sulfonamides is 1. The van der Waals surface area contributed by atoms with Gasteiger partial charge in [0.05, 0.1) is 17.1 Å². The van der Waals surface area contributed by atoms with Crippen LogP contribution in [0.3, 0.4) is 0 Å². The van der Waals surface area contributed by atoms with Crippen LogP contribution in [-0.4, -0.2) is 43.5 Å². The maximum Gasteiger partial charge on any atom is 0.243 e. The number of nitrogens with zero attached hydrogens (tertiary/aromatic N) is 3. The van der Waals surface area contributed by atoms with Gasteiger partial charge in [0.25, 0.3) is 0 Å². The minimum atomic E-state index is -3.38. The molecule has 1 aliphatic rings. The van der Waals surface area contributed by atoms with Crippen molar-refractivity contribution in [3.05, 3.63) is 46.8 Å². The molecule has 2 N–H and O–H groups in total. The lowest BCUT2D eigenvalue weighted by Gasteiger charge is -2.15. The van der Waals surface area contributed by atoms with Crippen LogP contribution in [0.2, 0.25) is 0 Å². The predicted octanol–water partition coefficient (Wildman–Crippen LogP) is 2.84. The summed E-state index contributed by atoms with van der Waals surface area (Å²) in [4.78, 5) is 4.99. The number of hydrogen-bond donors (Lipinski definition) is 2. The summed E-state index contributed by atoms with van der Waals surface area (Å²) in [5, 5.41) is 10.8. The van der Waals surface area contributed by atoms with Gasteiger partial charge in [0.2, 0.25) is 10.0 Å². The fraction of sp³-hybridized carbons (Fsp3) is 0.545. The highest BCUT2D eigenvalue weighted by molar-refractivity contribution is 7.89. The molecule has 2 aromatic rings. The fourth-order valence-corrected chi connectivity index (χ4v) is 5.18. The normalized spacial score (nSPS) is 15.4. The SMILES string of the molecule is CCNC(=NCc1ccc(S(=O)(=O)N2CCCC2)cc1)NCc1c(CC)noc1CC. The van der Waals surface area contributed by atoms with Gasteiger partial charge in [-0.3, -0.25) is 0 Å². The van der Waals surface area contributed by atoms with Gasteiger partial charge in [-0.2, -0.15) is 4.31 Å². The quantitative estimate of drug-likeness (QED) is 0.453. The smallest absolute Gasteiger partial charge is 0.243 e. The van der Waals surface area contributed by atoms with Crippen LogP contribution in [-0.2, 0) is 36.0 Å². The average molecular weight is 448 g/mol. The third kappa shape index (κ3) is 5.65. The number of rotatable bonds is 9. The summed E-state index contributed by atoms with van der Waals surface area (Å²) in [5.41, 5.74) is 3.01. The molecule has 3 rings (SSSR count). The van der Waals surface area contributed by atoms with Crippen LogP contribution in [0, 0.1) is 0 Å². The zero-order valence-electron chi connectivity index (χ0n) is 18.6. The first-order chi connectivity index (χ1) is 15.0. The molecule has 0 bridgehead atoms. The lowest BCUT2D eigenvalue weighted by molar-refractivity contribution is 0.380. The van der Waals surface area contributed by atoms with Gasteiger partial charge in [0.15, 0.2) is 5.96 Å². The zero-order valence-corrected chi connectivity index (χ0v) is 19.5. The Labute approximate surface area is 185 Å². The number of benzene rings is 1. The van der Waals surface area contributed by atoms with Crippen molar-refractivity contribution in [2.24, 2.45) is 4.99 Å². The Morgan fingerprint density at radius 3 is 2.42 bits per heavy atom. The molecular weight excluding hydrogens is 414 g/mol. The molecule has 0 unspecified atom stereocenters. The van der Waals surface area contributed by atoms with E-state index in [2.05, 4.69) is 34.6 Å². The van der Waals surface area contributed by atoms with Gasteiger partial charge in [-0.1, -0.05) is 31.1 Å². The maximum atomic E-state index is 12.7. The Kier molecular flexibility index (Phi) is 8.09. The topological polar surface area (TPSA) is 99.8 Å². The summed E-state index contributed by atoms with van der Waals surface area (Å²) in [5.74, 6) is 1.59. The molecule has 0 radical (unpaired) electrons. The molecule has 0 saturated carbocycles. The van der Waals surface area contributed by atoms with Crippen molar-refractivity contribution in [1.29, 1.82) is 0 Å². The summed E-state index contributed by atoms with van der Waals surface area (Å²) in [6.07, 6.45) is 3.48. The van der Waals surface area contributed by atoms with E-state index < -0.39 is 10.0 Å². The van der Waals surface area contributed by atoms with Gasteiger partial charge in [-0.05, 0) is 43.9 Å². The van der Waals surface area contributed by atoms with Crippen LogP contribution in [0.4, 0.5) is 0 Å². The second-order valence-electron chi connectivity index (χ2n) is 7.54. The summed E-state index contributed by atoms with van der Waals surface area (Å²) < 4.78 is 32.3. The Hall–Kier alpha value is -2.39. The molecular formula is C22H33N5O3S. The third-order valence-corrected chi connectivity index (χ3v) is 7.34. The number of hydrogen-bond acceptors (Lipinski definition) is 5. The highest BCUT2D eigenvalue weighted by Gasteiger charge is 2.26. The Morgan fingerprint density at radius 1 is 1.10 bits per heavy atom. The summed E-state index contributed by atoms with van der Waals surface area (Å²) in [7, 11) is -3.38. The van der Waals surface area contributed by atoms with E-state index in [0.29, 0.717) is 37.0 Å². The summed E-state index contributed by atoms with van der Waals surface area (Å²) >= 11 is 0. The molecule has 31 heavy (non-hydrogen) atoms. The molecule has 8 nitrogen and oxygen atoms in total. The maximum absolute atomic E-state index is 12.7. The molecule has 1 aromatic heterocycles. The van der Waals surface area contributed by atoms with Crippen LogP contribution >= 0.6 is 0 Å². The standard InChI is InChI=1S/C22H33N5O3S/c1-4-20-19(21(5-2)30-26-20)16-25-22(23-6-3)24-15-17-9-11-18(12-10-17)31(28,29)27-13-7-8-14-27/h9-12H,4-8,13-16H2,1-3H3,(H2,23,24,25). The Morgan fingerprint density at radius 2 is 1.81 bits per heavy atom. The summed E-state index contributed by atoms with van der Waals surface area (Å²) in [6, 6.07) is 7.02. The molecule has 1 saturated heterocycles. The molecule has 0 aliphatic carbocycles. The van der Waals surface area contributed by atoms with E-state index in [9.17, 15) is 8.42 Å². The van der Waals surface area contributed by atoms with Crippen molar-refractivity contribution in [3.63, 3.8) is 0 Å². The summed E-state index contributed by atoms with van der Waals surface area (Å²) in [6.45, 7) is 9.13. The lowest BCUT2D eigenvalue weighted by Crippen LogP contribution is -2.37. The first kappa shape index (κ1) is 23.3. The number of aliphatic imine (C=N–C) groups is 1. The van der Waals surface area contributed by atoms with E-state index in [1.807, 2.05) is 19.1 Å². The lowest BCUT2D eigenvalue weighted by atomic mass is 10.1. The molecule has 170 valence electrons. The van der Waals surface area contributed by atoms with Crippen molar-refractivity contribution in [2.45, 2.75) is 64.4 Å². The molecule has 2 heterocycles. The highest BCUT2D eigenvalue weighted by atomic mass is 32.2. The second-order valence-corrected chi connectivity index (χ2v) is 9.48. The Bertz CT molecular complexity index is 956. The minimum absolute atomic E-state index is 0.346. The van der Waals surface area contributed by atoms with Crippen molar-refractivity contribution in [3.8, 4) is 0 Å². The number of guanidine groups is 1. The number of aromatic nitrogens is 1. The van der Waals surface area contributed by atoms with Gasteiger partial charge in [0.1, 0.15) is 5.76 Å². The van der Waals surface area contributed by atoms with E-state index in [1.165, 1.54) is 0 Å². The average Bonchev–Trinajstić information content (AvgIpc) is 3.46. The molecule has 0 atom stereocenters. The molecule has 9 heteroatoms. The van der Waals surface area contributed by atoms with E-state index in [1.54, 1.807) is 16.4 Å². The molecule has 0 spiro atoms. The molecule has 1 aliphatic heterocycles. The van der Waals surface area contributed by atoms with Crippen LogP contribution < -0.4 is 10.6 Å². The third-order valence-electron chi connectivity index (χ3n) is 5.43. The van der Waals surface area contributed by atoms with Crippen LogP contribution in [0.15, 0.2) is 38.7 Å². The molecule has 0 amide bonds. The van der Waals surface area contributed by atoms with E-state index >= 15 is 0 Å². The van der Waals surface area contributed by atoms with E-state index in [0.717, 1.165) is 54.8 Å². The van der Waals surface area contributed by atoms with Crippen LogP contribution in [0.25, 0.3) is 0 Å². The number of nitrogens with one attached hydrogen (secondary N) is 2. The van der Waals surface area contributed by atoms with Crippen molar-refractivity contribution in [1.82, 2.24) is 20.1 Å².